The summed E-state index contributed by atoms with van der Waals surface area (Å²) in [6, 6.07) is 2.12. The van der Waals surface area contributed by atoms with E-state index in [1.54, 1.807) is 7.11 Å². The topological polar surface area (TPSA) is 39.1 Å². The molecule has 1 heterocycles. The van der Waals surface area contributed by atoms with Crippen molar-refractivity contribution in [2.75, 3.05) is 26.8 Å². The fourth-order valence-corrected chi connectivity index (χ4v) is 1.88. The lowest BCUT2D eigenvalue weighted by molar-refractivity contribution is 0.192. The maximum Gasteiger partial charge on any atom is 0.0596 e. The van der Waals surface area contributed by atoms with Crippen LogP contribution in [0.15, 0.2) is 6.07 Å². The molecule has 0 saturated heterocycles. The van der Waals surface area contributed by atoms with E-state index in [1.807, 2.05) is 6.92 Å². The van der Waals surface area contributed by atoms with Crippen LogP contribution in [0.4, 0.5) is 0 Å². The van der Waals surface area contributed by atoms with Crippen molar-refractivity contribution in [1.29, 1.82) is 0 Å². The summed E-state index contributed by atoms with van der Waals surface area (Å²) in [6.45, 7) is 8.17. The van der Waals surface area contributed by atoms with Crippen LogP contribution in [0.1, 0.15) is 30.7 Å². The van der Waals surface area contributed by atoms with Crippen molar-refractivity contribution in [2.24, 2.45) is 0 Å². The predicted molar refractivity (Wildman–Crippen MR) is 70.3 cm³/mol. The molecule has 0 spiro atoms. The number of nitrogens with one attached hydrogen (secondary N) is 1. The molecular formula is C13H25N3O. The molecule has 0 atom stereocenters. The standard InChI is InChI=1S/C13H25N3O/c1-12-11-13(2)16(15-12)9-6-8-14-7-4-5-10-17-3/h11,14H,4-10H2,1-3H3. The fraction of sp³-hybridized carbons (Fsp3) is 0.769. The number of aryl methyl sites for hydroxylation is 3. The van der Waals surface area contributed by atoms with Gasteiger partial charge in [-0.1, -0.05) is 0 Å². The summed E-state index contributed by atoms with van der Waals surface area (Å²) in [5.74, 6) is 0. The molecule has 1 rings (SSSR count). The Morgan fingerprint density at radius 1 is 1.24 bits per heavy atom. The molecule has 0 saturated carbocycles. The lowest BCUT2D eigenvalue weighted by Gasteiger charge is -2.06. The highest BCUT2D eigenvalue weighted by Gasteiger charge is 1.99. The third kappa shape index (κ3) is 5.84. The Balaban J connectivity index is 1.99. The van der Waals surface area contributed by atoms with Crippen LogP contribution < -0.4 is 5.32 Å². The van der Waals surface area contributed by atoms with Crippen LogP contribution in [0.25, 0.3) is 0 Å². The van der Waals surface area contributed by atoms with Gasteiger partial charge in [-0.05, 0) is 52.3 Å². The van der Waals surface area contributed by atoms with Gasteiger partial charge in [0.15, 0.2) is 0 Å². The van der Waals surface area contributed by atoms with Crippen LogP contribution in [-0.2, 0) is 11.3 Å². The van der Waals surface area contributed by atoms with E-state index in [9.17, 15) is 0 Å². The minimum absolute atomic E-state index is 0.868. The summed E-state index contributed by atoms with van der Waals surface area (Å²) >= 11 is 0. The van der Waals surface area contributed by atoms with Crippen LogP contribution in [0, 0.1) is 13.8 Å². The van der Waals surface area contributed by atoms with Crippen LogP contribution in [-0.4, -0.2) is 36.6 Å². The molecule has 0 bridgehead atoms. The van der Waals surface area contributed by atoms with E-state index in [-0.39, 0.29) is 0 Å². The average Bonchev–Trinajstić information content (AvgIpc) is 2.61. The van der Waals surface area contributed by atoms with Crippen LogP contribution >= 0.6 is 0 Å². The summed E-state index contributed by atoms with van der Waals surface area (Å²) in [6.07, 6.45) is 3.46. The molecule has 17 heavy (non-hydrogen) atoms. The Kier molecular flexibility index (Phi) is 6.89. The van der Waals surface area contributed by atoms with E-state index in [2.05, 4.69) is 28.1 Å². The van der Waals surface area contributed by atoms with Crippen molar-refractivity contribution in [3.63, 3.8) is 0 Å². The normalized spacial score (nSPS) is 11.0. The molecule has 0 fully saturated rings. The van der Waals surface area contributed by atoms with E-state index >= 15 is 0 Å². The maximum absolute atomic E-state index is 5.00. The second kappa shape index (κ2) is 8.25. The lowest BCUT2D eigenvalue weighted by Crippen LogP contribution is -2.19. The lowest BCUT2D eigenvalue weighted by atomic mass is 10.3. The highest BCUT2D eigenvalue weighted by Crippen LogP contribution is 2.02. The molecule has 0 aromatic carbocycles. The molecule has 98 valence electrons. The van der Waals surface area contributed by atoms with Crippen molar-refractivity contribution >= 4 is 0 Å². The summed E-state index contributed by atoms with van der Waals surface area (Å²) in [5, 5.41) is 7.89. The maximum atomic E-state index is 5.00. The van der Waals surface area contributed by atoms with Gasteiger partial charge in [0, 0.05) is 26.0 Å². The largest absolute Gasteiger partial charge is 0.385 e. The van der Waals surface area contributed by atoms with Gasteiger partial charge in [-0.2, -0.15) is 5.10 Å². The first kappa shape index (κ1) is 14.2. The smallest absolute Gasteiger partial charge is 0.0596 e. The highest BCUT2D eigenvalue weighted by atomic mass is 16.5. The van der Waals surface area contributed by atoms with E-state index in [0.717, 1.165) is 44.8 Å². The van der Waals surface area contributed by atoms with Gasteiger partial charge in [-0.3, -0.25) is 4.68 Å². The molecule has 0 radical (unpaired) electrons. The summed E-state index contributed by atoms with van der Waals surface area (Å²) < 4.78 is 7.09. The summed E-state index contributed by atoms with van der Waals surface area (Å²) in [5.41, 5.74) is 2.36. The van der Waals surface area contributed by atoms with Crippen molar-refractivity contribution in [2.45, 2.75) is 39.7 Å². The van der Waals surface area contributed by atoms with E-state index in [4.69, 9.17) is 4.74 Å². The Bertz CT molecular complexity index is 310. The van der Waals surface area contributed by atoms with Gasteiger partial charge in [-0.25, -0.2) is 0 Å². The Morgan fingerprint density at radius 2 is 2.00 bits per heavy atom. The van der Waals surface area contributed by atoms with Crippen LogP contribution in [0.3, 0.4) is 0 Å². The van der Waals surface area contributed by atoms with Gasteiger partial charge in [0.2, 0.25) is 0 Å². The SMILES string of the molecule is COCCCCNCCCn1nc(C)cc1C. The highest BCUT2D eigenvalue weighted by molar-refractivity contribution is 5.06. The number of methoxy groups -OCH3 is 1. The molecule has 0 unspecified atom stereocenters. The summed E-state index contributed by atoms with van der Waals surface area (Å²) in [4.78, 5) is 0. The van der Waals surface area contributed by atoms with Crippen molar-refractivity contribution in [3.05, 3.63) is 17.5 Å². The number of unbranched alkanes of at least 4 members (excludes halogenated alkanes) is 1. The first-order valence-corrected chi connectivity index (χ1v) is 6.44. The minimum Gasteiger partial charge on any atom is -0.385 e. The summed E-state index contributed by atoms with van der Waals surface area (Å²) in [7, 11) is 1.75. The van der Waals surface area contributed by atoms with Gasteiger partial charge < -0.3 is 10.1 Å². The number of hydrogen-bond acceptors (Lipinski definition) is 3. The second-order valence-corrected chi connectivity index (χ2v) is 4.45. The zero-order chi connectivity index (χ0) is 12.5. The minimum atomic E-state index is 0.868. The number of ether oxygens (including phenoxy) is 1. The second-order valence-electron chi connectivity index (χ2n) is 4.45. The van der Waals surface area contributed by atoms with Crippen LogP contribution in [0.2, 0.25) is 0 Å². The van der Waals surface area contributed by atoms with Crippen molar-refractivity contribution in [1.82, 2.24) is 15.1 Å². The van der Waals surface area contributed by atoms with E-state index in [0.29, 0.717) is 0 Å². The number of hydrogen-bond donors (Lipinski definition) is 1. The van der Waals surface area contributed by atoms with Gasteiger partial charge in [0.25, 0.3) is 0 Å². The molecule has 1 N–H and O–H groups in total. The zero-order valence-corrected chi connectivity index (χ0v) is 11.3. The Hall–Kier alpha value is -0.870. The van der Waals surface area contributed by atoms with E-state index < -0.39 is 0 Å². The predicted octanol–water partition coefficient (Wildman–Crippen LogP) is 1.91. The first-order chi connectivity index (χ1) is 8.24. The first-order valence-electron chi connectivity index (χ1n) is 6.44. The Morgan fingerprint density at radius 3 is 2.65 bits per heavy atom. The monoisotopic (exact) mass is 239 g/mol. The van der Waals surface area contributed by atoms with Crippen molar-refractivity contribution < 1.29 is 4.74 Å². The molecule has 1 aromatic heterocycles. The third-order valence-electron chi connectivity index (χ3n) is 2.78. The van der Waals surface area contributed by atoms with E-state index in [1.165, 1.54) is 12.1 Å². The fourth-order valence-electron chi connectivity index (χ4n) is 1.88. The molecule has 4 heteroatoms. The van der Waals surface area contributed by atoms with Crippen LogP contribution in [0.5, 0.6) is 0 Å². The van der Waals surface area contributed by atoms with Gasteiger partial charge >= 0.3 is 0 Å². The molecular weight excluding hydrogens is 214 g/mol. The zero-order valence-electron chi connectivity index (χ0n) is 11.3. The number of rotatable bonds is 9. The average molecular weight is 239 g/mol. The van der Waals surface area contributed by atoms with Gasteiger partial charge in [0.1, 0.15) is 0 Å². The molecule has 0 aliphatic heterocycles. The molecule has 1 aromatic rings. The molecule has 4 nitrogen and oxygen atoms in total. The van der Waals surface area contributed by atoms with Gasteiger partial charge in [-0.15, -0.1) is 0 Å². The van der Waals surface area contributed by atoms with Crippen molar-refractivity contribution in [3.8, 4) is 0 Å². The number of aromatic nitrogens is 2. The molecule has 0 aliphatic rings. The molecule has 0 aliphatic carbocycles. The van der Waals surface area contributed by atoms with Gasteiger partial charge in [0.05, 0.1) is 5.69 Å². The molecule has 0 amide bonds. The number of nitrogens with zero attached hydrogens (tertiary/aromatic N) is 2. The Labute approximate surface area is 104 Å². The third-order valence-corrected chi connectivity index (χ3v) is 2.78. The quantitative estimate of drug-likeness (QED) is 0.669.